The highest BCUT2D eigenvalue weighted by molar-refractivity contribution is 5.81. The van der Waals surface area contributed by atoms with Crippen molar-refractivity contribution >= 4 is 17.9 Å². The van der Waals surface area contributed by atoms with Gasteiger partial charge in [0.25, 0.3) is 0 Å². The highest BCUT2D eigenvalue weighted by Gasteiger charge is 2.22. The summed E-state index contributed by atoms with van der Waals surface area (Å²) in [6.45, 7) is 10.2. The summed E-state index contributed by atoms with van der Waals surface area (Å²) in [4.78, 5) is 33.1. The average molecular weight is 284 g/mol. The van der Waals surface area contributed by atoms with E-state index in [1.807, 2.05) is 0 Å². The average Bonchev–Trinajstić information content (AvgIpc) is 2.42. The first-order valence-corrected chi connectivity index (χ1v) is 6.05. The number of carbonyl (C=O) groups excluding carboxylic acids is 3. The monoisotopic (exact) mass is 284 g/mol. The molecule has 0 aromatic heterocycles. The molecule has 0 aliphatic rings. The lowest BCUT2D eigenvalue weighted by molar-refractivity contribution is -0.152. The summed E-state index contributed by atoms with van der Waals surface area (Å²) >= 11 is 0. The van der Waals surface area contributed by atoms with Gasteiger partial charge in [0.1, 0.15) is 6.61 Å². The minimum atomic E-state index is -0.588. The molecule has 0 aromatic rings. The third-order valence-electron chi connectivity index (χ3n) is 2.11. The quantitative estimate of drug-likeness (QED) is 0.362. The second kappa shape index (κ2) is 8.90. The summed E-state index contributed by atoms with van der Waals surface area (Å²) in [5, 5.41) is 0. The van der Waals surface area contributed by atoms with E-state index in [1.165, 1.54) is 0 Å². The molecule has 0 bridgehead atoms. The van der Waals surface area contributed by atoms with Crippen LogP contribution in [0.4, 0.5) is 0 Å². The molecule has 0 aliphatic carbocycles. The Balaban J connectivity index is 3.91. The Morgan fingerprint density at radius 1 is 0.950 bits per heavy atom. The number of hydrogen-bond donors (Lipinski definition) is 0. The first kappa shape index (κ1) is 17.9. The van der Waals surface area contributed by atoms with Gasteiger partial charge in [-0.05, 0) is 0 Å². The first-order valence-electron chi connectivity index (χ1n) is 6.05. The lowest BCUT2D eigenvalue weighted by atomic mass is 9.96. The second-order valence-electron chi connectivity index (χ2n) is 4.76. The van der Waals surface area contributed by atoms with Gasteiger partial charge in [-0.3, -0.25) is 4.79 Å². The van der Waals surface area contributed by atoms with E-state index in [0.29, 0.717) is 0 Å². The fraction of sp³-hybridized carbons (Fsp3) is 0.500. The molecule has 6 heteroatoms. The molecule has 0 spiro atoms. The predicted molar refractivity (Wildman–Crippen MR) is 71.7 cm³/mol. The second-order valence-corrected chi connectivity index (χ2v) is 4.76. The summed E-state index contributed by atoms with van der Waals surface area (Å²) in [6, 6.07) is 0. The molecule has 20 heavy (non-hydrogen) atoms. The van der Waals surface area contributed by atoms with Crippen LogP contribution in [-0.4, -0.2) is 37.7 Å². The standard InChI is InChI=1S/C14H20O6/c1-5-11(15)18-8-7-13(17)20-10-14(3,4)9-19-12(16)6-2/h5-6H,1-2,7-10H2,3-4H3. The van der Waals surface area contributed by atoms with Gasteiger partial charge in [0.15, 0.2) is 0 Å². The number of hydrogen-bond acceptors (Lipinski definition) is 6. The van der Waals surface area contributed by atoms with Crippen molar-refractivity contribution in [1.82, 2.24) is 0 Å². The summed E-state index contributed by atoms with van der Waals surface area (Å²) in [5.41, 5.74) is -0.508. The molecule has 0 aromatic carbocycles. The van der Waals surface area contributed by atoms with Crippen molar-refractivity contribution < 1.29 is 28.6 Å². The van der Waals surface area contributed by atoms with E-state index in [1.54, 1.807) is 13.8 Å². The molecule has 0 radical (unpaired) electrons. The Morgan fingerprint density at radius 3 is 2.00 bits per heavy atom. The maximum absolute atomic E-state index is 11.4. The molecular formula is C14H20O6. The Morgan fingerprint density at radius 2 is 1.45 bits per heavy atom. The van der Waals surface area contributed by atoms with E-state index >= 15 is 0 Å². The highest BCUT2D eigenvalue weighted by Crippen LogP contribution is 2.16. The number of rotatable bonds is 9. The van der Waals surface area contributed by atoms with Crippen LogP contribution in [0, 0.1) is 5.41 Å². The zero-order valence-corrected chi connectivity index (χ0v) is 11.8. The number of esters is 3. The fourth-order valence-corrected chi connectivity index (χ4v) is 1.01. The smallest absolute Gasteiger partial charge is 0.330 e. The van der Waals surface area contributed by atoms with Crippen LogP contribution < -0.4 is 0 Å². The maximum atomic E-state index is 11.4. The normalized spacial score (nSPS) is 10.3. The molecule has 0 rings (SSSR count). The minimum absolute atomic E-state index is 0.0396. The highest BCUT2D eigenvalue weighted by atomic mass is 16.6. The van der Waals surface area contributed by atoms with Gasteiger partial charge >= 0.3 is 17.9 Å². The van der Waals surface area contributed by atoms with Gasteiger partial charge in [0, 0.05) is 17.6 Å². The van der Waals surface area contributed by atoms with E-state index in [9.17, 15) is 14.4 Å². The maximum Gasteiger partial charge on any atom is 0.330 e. The molecule has 112 valence electrons. The van der Waals surface area contributed by atoms with Crippen LogP contribution in [0.2, 0.25) is 0 Å². The van der Waals surface area contributed by atoms with Gasteiger partial charge in [-0.15, -0.1) is 0 Å². The van der Waals surface area contributed by atoms with Crippen LogP contribution in [0.25, 0.3) is 0 Å². The molecule has 0 N–H and O–H groups in total. The molecule has 0 saturated heterocycles. The fourth-order valence-electron chi connectivity index (χ4n) is 1.01. The summed E-state index contributed by atoms with van der Waals surface area (Å²) in [5.74, 6) is -1.61. The van der Waals surface area contributed by atoms with Gasteiger partial charge in [-0.1, -0.05) is 27.0 Å². The van der Waals surface area contributed by atoms with Crippen LogP contribution in [0.5, 0.6) is 0 Å². The van der Waals surface area contributed by atoms with Crippen molar-refractivity contribution in [1.29, 1.82) is 0 Å². The summed E-state index contributed by atoms with van der Waals surface area (Å²) in [6.07, 6.45) is 2.04. The minimum Gasteiger partial charge on any atom is -0.465 e. The Kier molecular flexibility index (Phi) is 7.96. The molecule has 0 amide bonds. The molecule has 0 saturated carbocycles. The van der Waals surface area contributed by atoms with E-state index in [-0.39, 0.29) is 26.2 Å². The van der Waals surface area contributed by atoms with Crippen LogP contribution in [0.3, 0.4) is 0 Å². The Labute approximate surface area is 118 Å². The lowest BCUT2D eigenvalue weighted by Gasteiger charge is -2.23. The predicted octanol–water partition coefficient (Wildman–Crippen LogP) is 1.40. The van der Waals surface area contributed by atoms with E-state index in [2.05, 4.69) is 17.9 Å². The first-order chi connectivity index (χ1) is 9.30. The molecule has 0 aliphatic heterocycles. The van der Waals surface area contributed by atoms with Crippen molar-refractivity contribution in [2.75, 3.05) is 19.8 Å². The van der Waals surface area contributed by atoms with Crippen LogP contribution >= 0.6 is 0 Å². The van der Waals surface area contributed by atoms with Crippen LogP contribution in [0.1, 0.15) is 20.3 Å². The van der Waals surface area contributed by atoms with Crippen molar-refractivity contribution in [2.45, 2.75) is 20.3 Å². The van der Waals surface area contributed by atoms with Crippen molar-refractivity contribution in [3.63, 3.8) is 0 Å². The topological polar surface area (TPSA) is 78.9 Å². The summed E-state index contributed by atoms with van der Waals surface area (Å²) < 4.78 is 14.6. The molecule has 6 nitrogen and oxygen atoms in total. The van der Waals surface area contributed by atoms with Crippen molar-refractivity contribution in [2.24, 2.45) is 5.41 Å². The van der Waals surface area contributed by atoms with Gasteiger partial charge in [-0.2, -0.15) is 0 Å². The van der Waals surface area contributed by atoms with E-state index in [4.69, 9.17) is 9.47 Å². The lowest BCUT2D eigenvalue weighted by Crippen LogP contribution is -2.28. The van der Waals surface area contributed by atoms with Crippen molar-refractivity contribution in [3.8, 4) is 0 Å². The Hall–Kier alpha value is -2.11. The van der Waals surface area contributed by atoms with E-state index < -0.39 is 23.3 Å². The largest absolute Gasteiger partial charge is 0.465 e. The van der Waals surface area contributed by atoms with Gasteiger partial charge in [0.2, 0.25) is 0 Å². The van der Waals surface area contributed by atoms with Crippen LogP contribution in [0.15, 0.2) is 25.3 Å². The zero-order chi connectivity index (χ0) is 15.6. The molecule has 0 unspecified atom stereocenters. The Bertz CT molecular complexity index is 383. The van der Waals surface area contributed by atoms with Crippen LogP contribution in [-0.2, 0) is 28.6 Å². The molecule has 0 atom stereocenters. The molecule has 0 fully saturated rings. The van der Waals surface area contributed by atoms with Crippen molar-refractivity contribution in [3.05, 3.63) is 25.3 Å². The van der Waals surface area contributed by atoms with Gasteiger partial charge in [-0.25, -0.2) is 9.59 Å². The number of ether oxygens (including phenoxy) is 3. The zero-order valence-electron chi connectivity index (χ0n) is 11.8. The third kappa shape index (κ3) is 8.91. The number of carbonyl (C=O) groups is 3. The molecular weight excluding hydrogens is 264 g/mol. The van der Waals surface area contributed by atoms with Gasteiger partial charge in [0.05, 0.1) is 19.6 Å². The molecule has 0 heterocycles. The van der Waals surface area contributed by atoms with E-state index in [0.717, 1.165) is 12.2 Å². The summed E-state index contributed by atoms with van der Waals surface area (Å²) in [7, 11) is 0. The SMILES string of the molecule is C=CC(=O)OCCC(=O)OCC(C)(C)COC(=O)C=C. The third-order valence-corrected chi connectivity index (χ3v) is 2.11. The van der Waals surface area contributed by atoms with Gasteiger partial charge < -0.3 is 14.2 Å².